The van der Waals surface area contributed by atoms with Gasteiger partial charge in [0.1, 0.15) is 11.6 Å². The van der Waals surface area contributed by atoms with Crippen LogP contribution in [0.4, 0.5) is 14.5 Å². The van der Waals surface area contributed by atoms with Gasteiger partial charge < -0.3 is 10.6 Å². The zero-order chi connectivity index (χ0) is 15.2. The van der Waals surface area contributed by atoms with Crippen LogP contribution in [0.3, 0.4) is 0 Å². The minimum atomic E-state index is -0.905. The molecular weight excluding hydrogens is 278 g/mol. The topological polar surface area (TPSA) is 58.2 Å². The maximum Gasteiger partial charge on any atom is 0.313 e. The number of nitrogens with one attached hydrogen (secondary N) is 2. The smallest absolute Gasteiger partial charge is 0.313 e. The molecule has 0 bridgehead atoms. The van der Waals surface area contributed by atoms with Crippen molar-refractivity contribution in [1.82, 2.24) is 5.32 Å². The first kappa shape index (κ1) is 14.6. The van der Waals surface area contributed by atoms with E-state index in [4.69, 9.17) is 0 Å². The monoisotopic (exact) mass is 290 g/mol. The Morgan fingerprint density at radius 3 is 2.24 bits per heavy atom. The molecule has 108 valence electrons. The van der Waals surface area contributed by atoms with Gasteiger partial charge in [0.25, 0.3) is 0 Å². The van der Waals surface area contributed by atoms with E-state index in [1.807, 2.05) is 0 Å². The lowest BCUT2D eigenvalue weighted by Gasteiger charge is -2.07. The number of hydrogen-bond acceptors (Lipinski definition) is 2. The van der Waals surface area contributed by atoms with Gasteiger partial charge in [-0.25, -0.2) is 8.78 Å². The third kappa shape index (κ3) is 4.10. The van der Waals surface area contributed by atoms with Crippen molar-refractivity contribution in [1.29, 1.82) is 0 Å². The first-order valence-electron chi connectivity index (χ1n) is 6.14. The van der Waals surface area contributed by atoms with Gasteiger partial charge in [0.15, 0.2) is 0 Å². The zero-order valence-electron chi connectivity index (χ0n) is 10.9. The molecule has 2 aromatic carbocycles. The van der Waals surface area contributed by atoms with Gasteiger partial charge in [-0.1, -0.05) is 18.2 Å². The summed E-state index contributed by atoms with van der Waals surface area (Å²) in [5.41, 5.74) is 0.572. The van der Waals surface area contributed by atoms with Crippen molar-refractivity contribution in [2.75, 3.05) is 5.32 Å². The summed E-state index contributed by atoms with van der Waals surface area (Å²) in [7, 11) is 0. The van der Waals surface area contributed by atoms with Gasteiger partial charge in [0.2, 0.25) is 0 Å². The van der Waals surface area contributed by atoms with E-state index in [1.54, 1.807) is 6.07 Å². The summed E-state index contributed by atoms with van der Waals surface area (Å²) in [5.74, 6) is -2.71. The maximum atomic E-state index is 13.3. The lowest BCUT2D eigenvalue weighted by Crippen LogP contribution is -2.35. The second-order valence-electron chi connectivity index (χ2n) is 4.24. The lowest BCUT2D eigenvalue weighted by atomic mass is 10.2. The molecule has 2 rings (SSSR count). The molecule has 2 N–H and O–H groups in total. The van der Waals surface area contributed by atoms with Gasteiger partial charge in [-0.15, -0.1) is 0 Å². The minimum Gasteiger partial charge on any atom is -0.344 e. The van der Waals surface area contributed by atoms with E-state index in [2.05, 4.69) is 10.6 Å². The van der Waals surface area contributed by atoms with E-state index in [1.165, 1.54) is 30.3 Å². The van der Waals surface area contributed by atoms with Gasteiger partial charge in [-0.2, -0.15) is 0 Å². The molecule has 0 aliphatic carbocycles. The van der Waals surface area contributed by atoms with Crippen LogP contribution in [0.1, 0.15) is 5.56 Å². The van der Waals surface area contributed by atoms with Crippen molar-refractivity contribution in [3.05, 3.63) is 65.7 Å². The third-order valence-electron chi connectivity index (χ3n) is 2.71. The van der Waals surface area contributed by atoms with Crippen molar-refractivity contribution in [3.8, 4) is 0 Å². The van der Waals surface area contributed by atoms with Gasteiger partial charge in [0, 0.05) is 17.8 Å². The van der Waals surface area contributed by atoms with E-state index in [0.29, 0.717) is 5.69 Å². The molecule has 0 unspecified atom stereocenters. The Hall–Kier alpha value is -2.76. The highest BCUT2D eigenvalue weighted by molar-refractivity contribution is 6.39. The Morgan fingerprint density at radius 1 is 0.905 bits per heavy atom. The Kier molecular flexibility index (Phi) is 4.61. The summed E-state index contributed by atoms with van der Waals surface area (Å²) >= 11 is 0. The summed E-state index contributed by atoms with van der Waals surface area (Å²) in [6.07, 6.45) is 0. The number of hydrogen-bond donors (Lipinski definition) is 2. The van der Waals surface area contributed by atoms with Crippen molar-refractivity contribution in [3.63, 3.8) is 0 Å². The van der Waals surface area contributed by atoms with Crippen molar-refractivity contribution in [2.24, 2.45) is 0 Å². The zero-order valence-corrected chi connectivity index (χ0v) is 10.9. The van der Waals surface area contributed by atoms with Crippen LogP contribution in [0.15, 0.2) is 48.5 Å². The quantitative estimate of drug-likeness (QED) is 0.852. The molecule has 6 heteroatoms. The standard InChI is InChI=1S/C15H12F2N2O2/c16-11-5-7-12(8-6-11)19-15(21)14(20)18-9-10-3-1-2-4-13(10)17/h1-8H,9H2,(H,18,20)(H,19,21). The van der Waals surface area contributed by atoms with Crippen LogP contribution >= 0.6 is 0 Å². The number of halogens is 2. The molecule has 0 saturated heterocycles. The van der Waals surface area contributed by atoms with Crippen LogP contribution in [-0.2, 0) is 16.1 Å². The van der Waals surface area contributed by atoms with Gasteiger partial charge >= 0.3 is 11.8 Å². The van der Waals surface area contributed by atoms with Crippen LogP contribution in [-0.4, -0.2) is 11.8 Å². The average Bonchev–Trinajstić information content (AvgIpc) is 2.48. The molecular formula is C15H12F2N2O2. The number of carbonyl (C=O) groups excluding carboxylic acids is 2. The number of rotatable bonds is 3. The Balaban J connectivity index is 1.90. The molecule has 2 aromatic rings. The van der Waals surface area contributed by atoms with Gasteiger partial charge in [-0.05, 0) is 30.3 Å². The van der Waals surface area contributed by atoms with Crippen LogP contribution < -0.4 is 10.6 Å². The largest absolute Gasteiger partial charge is 0.344 e. The fourth-order valence-corrected chi connectivity index (χ4v) is 1.62. The Morgan fingerprint density at radius 2 is 1.57 bits per heavy atom. The highest BCUT2D eigenvalue weighted by atomic mass is 19.1. The maximum absolute atomic E-state index is 13.3. The molecule has 0 fully saturated rings. The van der Waals surface area contributed by atoms with E-state index >= 15 is 0 Å². The summed E-state index contributed by atoms with van der Waals surface area (Å²) in [6, 6.07) is 10.9. The lowest BCUT2D eigenvalue weighted by molar-refractivity contribution is -0.136. The second kappa shape index (κ2) is 6.60. The molecule has 0 aliphatic rings. The highest BCUT2D eigenvalue weighted by Crippen LogP contribution is 2.08. The number of benzene rings is 2. The molecule has 0 heterocycles. The van der Waals surface area contributed by atoms with Gasteiger partial charge in [0.05, 0.1) is 0 Å². The van der Waals surface area contributed by atoms with Crippen LogP contribution in [0, 0.1) is 11.6 Å². The van der Waals surface area contributed by atoms with Crippen molar-refractivity contribution < 1.29 is 18.4 Å². The fourth-order valence-electron chi connectivity index (χ4n) is 1.62. The fraction of sp³-hybridized carbons (Fsp3) is 0.0667. The predicted octanol–water partition coefficient (Wildman–Crippen LogP) is 2.22. The van der Waals surface area contributed by atoms with Crippen molar-refractivity contribution >= 4 is 17.5 Å². The minimum absolute atomic E-state index is 0.0949. The van der Waals surface area contributed by atoms with E-state index in [-0.39, 0.29) is 12.1 Å². The SMILES string of the molecule is O=C(NCc1ccccc1F)C(=O)Nc1ccc(F)cc1. The summed E-state index contributed by atoms with van der Waals surface area (Å²) in [4.78, 5) is 23.2. The predicted molar refractivity (Wildman–Crippen MR) is 73.3 cm³/mol. The molecule has 0 aromatic heterocycles. The Bertz CT molecular complexity index is 657. The van der Waals surface area contributed by atoms with Gasteiger partial charge in [-0.3, -0.25) is 9.59 Å². The van der Waals surface area contributed by atoms with E-state index < -0.39 is 23.4 Å². The van der Waals surface area contributed by atoms with E-state index in [0.717, 1.165) is 12.1 Å². The molecule has 0 spiro atoms. The second-order valence-corrected chi connectivity index (χ2v) is 4.24. The number of carbonyl (C=O) groups is 2. The molecule has 0 aliphatic heterocycles. The highest BCUT2D eigenvalue weighted by Gasteiger charge is 2.14. The molecule has 0 saturated carbocycles. The first-order chi connectivity index (χ1) is 10.1. The molecule has 4 nitrogen and oxygen atoms in total. The molecule has 2 amide bonds. The summed E-state index contributed by atoms with van der Waals surface area (Å²) < 4.78 is 26.0. The molecule has 0 atom stereocenters. The first-order valence-corrected chi connectivity index (χ1v) is 6.14. The van der Waals surface area contributed by atoms with Crippen LogP contribution in [0.2, 0.25) is 0 Å². The number of anilines is 1. The average molecular weight is 290 g/mol. The third-order valence-corrected chi connectivity index (χ3v) is 2.71. The van der Waals surface area contributed by atoms with Crippen LogP contribution in [0.5, 0.6) is 0 Å². The van der Waals surface area contributed by atoms with E-state index in [9.17, 15) is 18.4 Å². The molecule has 0 radical (unpaired) electrons. The number of amides is 2. The molecule has 21 heavy (non-hydrogen) atoms. The van der Waals surface area contributed by atoms with Crippen molar-refractivity contribution in [2.45, 2.75) is 6.54 Å². The summed E-state index contributed by atoms with van der Waals surface area (Å²) in [6.45, 7) is -0.0949. The summed E-state index contributed by atoms with van der Waals surface area (Å²) in [5, 5.41) is 4.61. The normalized spacial score (nSPS) is 10.0. The van der Waals surface area contributed by atoms with Crippen LogP contribution in [0.25, 0.3) is 0 Å². The Labute approximate surface area is 119 Å².